The molecule has 2 N–H and O–H groups in total. The van der Waals surface area contributed by atoms with Crippen molar-refractivity contribution in [2.75, 3.05) is 11.9 Å². The molecule has 5 nitrogen and oxygen atoms in total. The molecule has 0 aliphatic rings. The van der Waals surface area contributed by atoms with E-state index in [2.05, 4.69) is 34.4 Å². The van der Waals surface area contributed by atoms with Gasteiger partial charge in [0.15, 0.2) is 0 Å². The summed E-state index contributed by atoms with van der Waals surface area (Å²) in [4.78, 5) is 20.6. The van der Waals surface area contributed by atoms with E-state index in [-0.39, 0.29) is 18.3 Å². The van der Waals surface area contributed by atoms with Crippen LogP contribution in [0.25, 0.3) is 0 Å². The Kier molecular flexibility index (Phi) is 6.23. The summed E-state index contributed by atoms with van der Waals surface area (Å²) in [6.45, 7) is 6.83. The van der Waals surface area contributed by atoms with Gasteiger partial charge in [0.05, 0.1) is 0 Å². The summed E-state index contributed by atoms with van der Waals surface area (Å²) >= 11 is 0. The fourth-order valence-electron chi connectivity index (χ4n) is 2.17. The lowest BCUT2D eigenvalue weighted by Crippen LogP contribution is -2.26. The van der Waals surface area contributed by atoms with Crippen LogP contribution < -0.4 is 10.6 Å². The van der Waals surface area contributed by atoms with Crippen molar-refractivity contribution in [3.63, 3.8) is 0 Å². The van der Waals surface area contributed by atoms with Crippen LogP contribution in [0.1, 0.15) is 42.1 Å². The minimum Gasteiger partial charge on any atom is -0.366 e. The first kappa shape index (κ1) is 17.8. The number of halogens is 1. The lowest BCUT2D eigenvalue weighted by molar-refractivity contribution is 0.0946. The van der Waals surface area contributed by atoms with Crippen LogP contribution >= 0.6 is 0 Å². The number of aryl methyl sites for hydroxylation is 1. The van der Waals surface area contributed by atoms with Gasteiger partial charge in [-0.15, -0.1) is 0 Å². The van der Waals surface area contributed by atoms with Crippen LogP contribution in [0.4, 0.5) is 10.2 Å². The van der Waals surface area contributed by atoms with E-state index in [1.165, 1.54) is 6.07 Å². The Balaban J connectivity index is 2.02. The van der Waals surface area contributed by atoms with Crippen LogP contribution in [0.3, 0.4) is 0 Å². The molecule has 0 saturated carbocycles. The van der Waals surface area contributed by atoms with Gasteiger partial charge in [0.2, 0.25) is 0 Å². The lowest BCUT2D eigenvalue weighted by Gasteiger charge is -2.10. The van der Waals surface area contributed by atoms with E-state index >= 15 is 0 Å². The van der Waals surface area contributed by atoms with E-state index in [0.717, 1.165) is 6.42 Å². The molecule has 0 aliphatic heterocycles. The monoisotopic (exact) mass is 330 g/mol. The van der Waals surface area contributed by atoms with Gasteiger partial charge in [-0.25, -0.2) is 14.4 Å². The number of carbonyl (C=O) groups excluding carboxylic acids is 1. The average Bonchev–Trinajstić information content (AvgIpc) is 2.53. The molecule has 6 heteroatoms. The van der Waals surface area contributed by atoms with E-state index in [4.69, 9.17) is 0 Å². The van der Waals surface area contributed by atoms with Crippen LogP contribution in [-0.2, 0) is 6.54 Å². The van der Waals surface area contributed by atoms with Crippen molar-refractivity contribution in [2.45, 2.75) is 33.7 Å². The molecule has 2 rings (SSSR count). The molecule has 1 amide bonds. The zero-order chi connectivity index (χ0) is 17.5. The third kappa shape index (κ3) is 5.30. The fourth-order valence-corrected chi connectivity index (χ4v) is 2.17. The van der Waals surface area contributed by atoms with Gasteiger partial charge in [-0.1, -0.05) is 32.0 Å². The molecule has 0 aliphatic carbocycles. The second kappa shape index (κ2) is 8.38. The van der Waals surface area contributed by atoms with Gasteiger partial charge in [-0.05, 0) is 25.3 Å². The first-order chi connectivity index (χ1) is 11.5. The van der Waals surface area contributed by atoms with Gasteiger partial charge in [-0.3, -0.25) is 4.79 Å². The summed E-state index contributed by atoms with van der Waals surface area (Å²) < 4.78 is 13.6. The van der Waals surface area contributed by atoms with Crippen molar-refractivity contribution in [2.24, 2.45) is 5.92 Å². The maximum atomic E-state index is 13.6. The molecule has 2 aromatic rings. The summed E-state index contributed by atoms with van der Waals surface area (Å²) in [7, 11) is 0. The highest BCUT2D eigenvalue weighted by molar-refractivity contribution is 5.92. The molecular weight excluding hydrogens is 307 g/mol. The number of rotatable bonds is 7. The second-order valence-electron chi connectivity index (χ2n) is 6.07. The van der Waals surface area contributed by atoms with Crippen LogP contribution in [0.5, 0.6) is 0 Å². The number of hydrogen-bond acceptors (Lipinski definition) is 4. The molecule has 0 spiro atoms. The number of aromatic nitrogens is 2. The maximum Gasteiger partial charge on any atom is 0.270 e. The molecule has 0 unspecified atom stereocenters. The molecule has 128 valence electrons. The van der Waals surface area contributed by atoms with Crippen molar-refractivity contribution in [1.82, 2.24) is 15.3 Å². The fraction of sp³-hybridized carbons (Fsp3) is 0.389. The predicted molar refractivity (Wildman–Crippen MR) is 92.3 cm³/mol. The third-order valence-corrected chi connectivity index (χ3v) is 3.50. The van der Waals surface area contributed by atoms with Crippen molar-refractivity contribution in [1.29, 1.82) is 0 Å². The Labute approximate surface area is 141 Å². The molecule has 0 fully saturated rings. The van der Waals surface area contributed by atoms with Crippen LogP contribution in [-0.4, -0.2) is 22.4 Å². The molecule has 1 heterocycles. The highest BCUT2D eigenvalue weighted by Crippen LogP contribution is 2.11. The zero-order valence-electron chi connectivity index (χ0n) is 14.3. The standard InChI is InChI=1S/C18H23FN4O/c1-12(2)8-9-20-18(24)16-10-17(23-13(3)22-16)21-11-14-6-4-5-7-15(14)19/h4-7,10,12H,8-9,11H2,1-3H3,(H,20,24)(H,21,22,23). The summed E-state index contributed by atoms with van der Waals surface area (Å²) in [5.41, 5.74) is 0.846. The number of nitrogens with one attached hydrogen (secondary N) is 2. The predicted octanol–water partition coefficient (Wildman–Crippen LogP) is 3.31. The first-order valence-corrected chi connectivity index (χ1v) is 8.07. The maximum absolute atomic E-state index is 13.6. The molecule has 1 aromatic heterocycles. The van der Waals surface area contributed by atoms with Gasteiger partial charge >= 0.3 is 0 Å². The minimum absolute atomic E-state index is 0.227. The SMILES string of the molecule is Cc1nc(NCc2ccccc2F)cc(C(=O)NCCC(C)C)n1. The average molecular weight is 330 g/mol. The summed E-state index contributed by atoms with van der Waals surface area (Å²) in [5, 5.41) is 5.89. The molecule has 0 atom stereocenters. The summed E-state index contributed by atoms with van der Waals surface area (Å²) in [6, 6.07) is 8.12. The van der Waals surface area contributed by atoms with Crippen molar-refractivity contribution >= 4 is 11.7 Å². The van der Waals surface area contributed by atoms with Crippen molar-refractivity contribution < 1.29 is 9.18 Å². The van der Waals surface area contributed by atoms with Gasteiger partial charge in [0, 0.05) is 24.7 Å². The van der Waals surface area contributed by atoms with E-state index < -0.39 is 0 Å². The Morgan fingerprint density at radius 3 is 2.71 bits per heavy atom. The number of carbonyl (C=O) groups is 1. The summed E-state index contributed by atoms with van der Waals surface area (Å²) in [6.07, 6.45) is 0.911. The lowest BCUT2D eigenvalue weighted by atomic mass is 10.1. The van der Waals surface area contributed by atoms with E-state index in [1.54, 1.807) is 31.2 Å². The zero-order valence-corrected chi connectivity index (χ0v) is 14.3. The highest BCUT2D eigenvalue weighted by Gasteiger charge is 2.11. The third-order valence-electron chi connectivity index (χ3n) is 3.50. The smallest absolute Gasteiger partial charge is 0.270 e. The van der Waals surface area contributed by atoms with Gasteiger partial charge in [-0.2, -0.15) is 0 Å². The van der Waals surface area contributed by atoms with Crippen LogP contribution in [0.15, 0.2) is 30.3 Å². The molecule has 0 bridgehead atoms. The van der Waals surface area contributed by atoms with Crippen molar-refractivity contribution in [3.8, 4) is 0 Å². The van der Waals surface area contributed by atoms with Crippen molar-refractivity contribution in [3.05, 3.63) is 53.2 Å². The van der Waals surface area contributed by atoms with Crippen LogP contribution in [0, 0.1) is 18.7 Å². The quantitative estimate of drug-likeness (QED) is 0.817. The van der Waals surface area contributed by atoms with E-state index in [1.807, 2.05) is 0 Å². The molecule has 24 heavy (non-hydrogen) atoms. The Morgan fingerprint density at radius 1 is 1.25 bits per heavy atom. The van der Waals surface area contributed by atoms with Gasteiger partial charge in [0.25, 0.3) is 5.91 Å². The number of benzene rings is 1. The van der Waals surface area contributed by atoms with Gasteiger partial charge in [0.1, 0.15) is 23.2 Å². The first-order valence-electron chi connectivity index (χ1n) is 8.07. The topological polar surface area (TPSA) is 66.9 Å². The number of amides is 1. The normalized spacial score (nSPS) is 10.7. The number of anilines is 1. The largest absolute Gasteiger partial charge is 0.366 e. The van der Waals surface area contributed by atoms with E-state index in [9.17, 15) is 9.18 Å². The molecule has 0 radical (unpaired) electrons. The summed E-state index contributed by atoms with van der Waals surface area (Å²) in [5.74, 6) is 1.01. The Hall–Kier alpha value is -2.50. The Bertz CT molecular complexity index is 703. The molecular formula is C18H23FN4O. The number of nitrogens with zero attached hydrogens (tertiary/aromatic N) is 2. The van der Waals surface area contributed by atoms with Gasteiger partial charge < -0.3 is 10.6 Å². The number of hydrogen-bond donors (Lipinski definition) is 2. The van der Waals surface area contributed by atoms with E-state index in [0.29, 0.717) is 35.4 Å². The molecule has 0 saturated heterocycles. The second-order valence-corrected chi connectivity index (χ2v) is 6.07. The Morgan fingerprint density at radius 2 is 2.00 bits per heavy atom. The minimum atomic E-state index is -0.276. The van der Waals surface area contributed by atoms with Crippen LogP contribution in [0.2, 0.25) is 0 Å². The highest BCUT2D eigenvalue weighted by atomic mass is 19.1. The molecule has 1 aromatic carbocycles.